The molecule has 3 rings (SSSR count). The molecule has 0 bridgehead atoms. The first-order valence-electron chi connectivity index (χ1n) is 9.77. The minimum atomic E-state index is -0.571. The second-order valence-electron chi connectivity index (χ2n) is 6.89. The molecular weight excluding hydrogens is 404 g/mol. The number of hydrogen-bond donors (Lipinski definition) is 3. The van der Waals surface area contributed by atoms with Crippen molar-refractivity contribution in [1.29, 1.82) is 0 Å². The Kier molecular flexibility index (Phi) is 7.28. The van der Waals surface area contributed by atoms with E-state index in [1.807, 2.05) is 0 Å². The molecule has 162 valence electrons. The Hall–Kier alpha value is -3.79. The first kappa shape index (κ1) is 21.9. The minimum absolute atomic E-state index is 0.154. The van der Waals surface area contributed by atoms with Crippen LogP contribution in [-0.4, -0.2) is 48.4 Å². The number of carbonyl (C=O) groups is 3. The van der Waals surface area contributed by atoms with E-state index >= 15 is 0 Å². The van der Waals surface area contributed by atoms with E-state index < -0.39 is 16.9 Å². The van der Waals surface area contributed by atoms with Gasteiger partial charge in [-0.3, -0.25) is 24.5 Å². The molecule has 0 aromatic heterocycles. The van der Waals surface area contributed by atoms with Crippen molar-refractivity contribution < 1.29 is 24.0 Å². The first-order valence-corrected chi connectivity index (χ1v) is 9.77. The Bertz CT molecular complexity index is 970. The quantitative estimate of drug-likeness (QED) is 0.334. The highest BCUT2D eigenvalue weighted by molar-refractivity contribution is 6.05. The third-order valence-electron chi connectivity index (χ3n) is 4.66. The summed E-state index contributed by atoms with van der Waals surface area (Å²) in [7, 11) is 0. The standard InChI is InChI=1S/C21H22N4O6/c26-19(22-10-11-23-21(28)18-5-2-12-31-18)14-6-8-16(9-7-14)24-20(27)15-3-1-4-17(13-15)25(29)30/h1,3-4,6-9,13,18H,2,5,10-12H2,(H,22,26)(H,23,28)(H,24,27). The highest BCUT2D eigenvalue weighted by atomic mass is 16.6. The van der Waals surface area contributed by atoms with Crippen LogP contribution in [0.3, 0.4) is 0 Å². The zero-order chi connectivity index (χ0) is 22.2. The molecule has 0 radical (unpaired) electrons. The summed E-state index contributed by atoms with van der Waals surface area (Å²) in [6, 6.07) is 11.6. The molecule has 1 atom stereocenters. The van der Waals surface area contributed by atoms with Gasteiger partial charge in [0.05, 0.1) is 4.92 Å². The number of anilines is 1. The van der Waals surface area contributed by atoms with Gasteiger partial charge in [0, 0.05) is 48.6 Å². The fraction of sp³-hybridized carbons (Fsp3) is 0.286. The number of nitro benzene ring substituents is 1. The molecule has 2 aromatic carbocycles. The molecule has 0 aliphatic carbocycles. The Labute approximate surface area is 178 Å². The van der Waals surface area contributed by atoms with Gasteiger partial charge in [-0.05, 0) is 43.2 Å². The molecule has 1 fully saturated rings. The lowest BCUT2D eigenvalue weighted by Gasteiger charge is -2.11. The summed E-state index contributed by atoms with van der Waals surface area (Å²) in [6.07, 6.45) is 1.18. The van der Waals surface area contributed by atoms with Crippen molar-refractivity contribution in [3.05, 3.63) is 69.8 Å². The maximum Gasteiger partial charge on any atom is 0.270 e. The van der Waals surface area contributed by atoms with Crippen molar-refractivity contribution in [2.75, 3.05) is 25.0 Å². The van der Waals surface area contributed by atoms with Gasteiger partial charge in [-0.25, -0.2) is 0 Å². The maximum absolute atomic E-state index is 12.3. The van der Waals surface area contributed by atoms with E-state index in [9.17, 15) is 24.5 Å². The molecule has 2 aromatic rings. The van der Waals surface area contributed by atoms with Crippen LogP contribution in [0.4, 0.5) is 11.4 Å². The van der Waals surface area contributed by atoms with Crippen molar-refractivity contribution in [1.82, 2.24) is 10.6 Å². The topological polar surface area (TPSA) is 140 Å². The second-order valence-corrected chi connectivity index (χ2v) is 6.89. The van der Waals surface area contributed by atoms with Crippen molar-refractivity contribution in [2.45, 2.75) is 18.9 Å². The lowest BCUT2D eigenvalue weighted by Crippen LogP contribution is -2.39. The van der Waals surface area contributed by atoms with Crippen LogP contribution in [0.15, 0.2) is 48.5 Å². The minimum Gasteiger partial charge on any atom is -0.368 e. The summed E-state index contributed by atoms with van der Waals surface area (Å²) in [5, 5.41) is 18.9. The molecular formula is C21H22N4O6. The Morgan fingerprint density at radius 3 is 2.42 bits per heavy atom. The third kappa shape index (κ3) is 6.09. The number of carbonyl (C=O) groups excluding carboxylic acids is 3. The highest BCUT2D eigenvalue weighted by Gasteiger charge is 2.22. The van der Waals surface area contributed by atoms with Crippen molar-refractivity contribution in [2.24, 2.45) is 0 Å². The van der Waals surface area contributed by atoms with Crippen molar-refractivity contribution in [3.8, 4) is 0 Å². The predicted molar refractivity (Wildman–Crippen MR) is 112 cm³/mol. The fourth-order valence-corrected chi connectivity index (χ4v) is 3.03. The highest BCUT2D eigenvalue weighted by Crippen LogP contribution is 2.16. The Balaban J connectivity index is 1.46. The van der Waals surface area contributed by atoms with Gasteiger partial charge in [0.25, 0.3) is 17.5 Å². The number of hydrogen-bond acceptors (Lipinski definition) is 6. The van der Waals surface area contributed by atoms with Crippen LogP contribution in [0.5, 0.6) is 0 Å². The normalized spacial score (nSPS) is 15.2. The molecule has 3 N–H and O–H groups in total. The molecule has 31 heavy (non-hydrogen) atoms. The summed E-state index contributed by atoms with van der Waals surface area (Å²) in [6.45, 7) is 1.15. The summed E-state index contributed by atoms with van der Waals surface area (Å²) in [5.74, 6) is -0.985. The molecule has 1 saturated heterocycles. The van der Waals surface area contributed by atoms with E-state index in [2.05, 4.69) is 16.0 Å². The number of rotatable bonds is 8. The van der Waals surface area contributed by atoms with E-state index in [-0.39, 0.29) is 29.6 Å². The number of ether oxygens (including phenoxy) is 1. The summed E-state index contributed by atoms with van der Waals surface area (Å²) >= 11 is 0. The van der Waals surface area contributed by atoms with Crippen LogP contribution in [0.1, 0.15) is 33.6 Å². The number of non-ortho nitro benzene ring substituents is 1. The van der Waals surface area contributed by atoms with Crippen LogP contribution in [0.25, 0.3) is 0 Å². The van der Waals surface area contributed by atoms with Crippen LogP contribution >= 0.6 is 0 Å². The fourth-order valence-electron chi connectivity index (χ4n) is 3.03. The molecule has 10 heteroatoms. The SMILES string of the molecule is O=C(NCCNC(=O)C1CCCO1)c1ccc(NC(=O)c2cccc([N+](=O)[O-])c2)cc1. The summed E-state index contributed by atoms with van der Waals surface area (Å²) in [4.78, 5) is 46.6. The van der Waals surface area contributed by atoms with E-state index in [0.717, 1.165) is 6.42 Å². The number of nitrogens with zero attached hydrogens (tertiary/aromatic N) is 1. The number of amides is 3. The van der Waals surface area contributed by atoms with Crippen LogP contribution < -0.4 is 16.0 Å². The van der Waals surface area contributed by atoms with Gasteiger partial charge < -0.3 is 20.7 Å². The molecule has 1 unspecified atom stereocenters. The van der Waals surface area contributed by atoms with E-state index in [1.165, 1.54) is 24.3 Å². The van der Waals surface area contributed by atoms with Gasteiger partial charge in [0.15, 0.2) is 0 Å². The molecule has 1 aliphatic rings. The molecule has 0 saturated carbocycles. The lowest BCUT2D eigenvalue weighted by atomic mass is 10.1. The van der Waals surface area contributed by atoms with Crippen LogP contribution in [0, 0.1) is 10.1 Å². The second kappa shape index (κ2) is 10.3. The molecule has 0 spiro atoms. The summed E-state index contributed by atoms with van der Waals surface area (Å²) < 4.78 is 5.29. The first-order chi connectivity index (χ1) is 14.9. The Morgan fingerprint density at radius 1 is 1.00 bits per heavy atom. The molecule has 1 aliphatic heterocycles. The third-order valence-corrected chi connectivity index (χ3v) is 4.66. The van der Waals surface area contributed by atoms with Gasteiger partial charge in [-0.15, -0.1) is 0 Å². The van der Waals surface area contributed by atoms with Gasteiger partial charge >= 0.3 is 0 Å². The van der Waals surface area contributed by atoms with Gasteiger partial charge in [0.1, 0.15) is 6.10 Å². The van der Waals surface area contributed by atoms with E-state index in [1.54, 1.807) is 24.3 Å². The number of benzene rings is 2. The van der Waals surface area contributed by atoms with E-state index in [4.69, 9.17) is 4.74 Å². The van der Waals surface area contributed by atoms with Gasteiger partial charge in [-0.1, -0.05) is 6.07 Å². The van der Waals surface area contributed by atoms with Crippen LogP contribution in [0.2, 0.25) is 0 Å². The van der Waals surface area contributed by atoms with Crippen molar-refractivity contribution in [3.63, 3.8) is 0 Å². The zero-order valence-corrected chi connectivity index (χ0v) is 16.6. The lowest BCUT2D eigenvalue weighted by molar-refractivity contribution is -0.384. The molecule has 10 nitrogen and oxygen atoms in total. The maximum atomic E-state index is 12.3. The van der Waals surface area contributed by atoms with Gasteiger partial charge in [-0.2, -0.15) is 0 Å². The Morgan fingerprint density at radius 2 is 1.74 bits per heavy atom. The average Bonchev–Trinajstić information content (AvgIpc) is 3.32. The van der Waals surface area contributed by atoms with Gasteiger partial charge in [0.2, 0.25) is 5.91 Å². The van der Waals surface area contributed by atoms with Crippen molar-refractivity contribution >= 4 is 29.1 Å². The largest absolute Gasteiger partial charge is 0.368 e. The zero-order valence-electron chi connectivity index (χ0n) is 16.6. The monoisotopic (exact) mass is 426 g/mol. The number of nitrogens with one attached hydrogen (secondary N) is 3. The summed E-state index contributed by atoms with van der Waals surface area (Å²) in [5.41, 5.74) is 0.809. The average molecular weight is 426 g/mol. The predicted octanol–water partition coefficient (Wildman–Crippen LogP) is 1.87. The number of nitro groups is 1. The van der Waals surface area contributed by atoms with E-state index in [0.29, 0.717) is 30.8 Å². The molecule has 1 heterocycles. The molecule has 3 amide bonds. The smallest absolute Gasteiger partial charge is 0.270 e. The van der Waals surface area contributed by atoms with Crippen LogP contribution in [-0.2, 0) is 9.53 Å².